The van der Waals surface area contributed by atoms with Gasteiger partial charge in [0.05, 0.1) is 0 Å². The first-order valence-corrected chi connectivity index (χ1v) is 7.78. The molecule has 1 amide bonds. The van der Waals surface area contributed by atoms with Gasteiger partial charge in [-0.25, -0.2) is 0 Å². The number of fused-ring (bicyclic) bond motifs is 3. The van der Waals surface area contributed by atoms with Crippen molar-refractivity contribution in [2.24, 2.45) is 5.92 Å². The number of hydrogen-bond acceptors (Lipinski definition) is 2. The predicted molar refractivity (Wildman–Crippen MR) is 80.6 cm³/mol. The van der Waals surface area contributed by atoms with Crippen LogP contribution >= 0.6 is 0 Å². The summed E-state index contributed by atoms with van der Waals surface area (Å²) in [5.74, 6) is 0.924. The van der Waals surface area contributed by atoms with Crippen molar-refractivity contribution in [1.29, 1.82) is 0 Å². The zero-order chi connectivity index (χ0) is 13.9. The maximum atomic E-state index is 12.1. The normalized spacial score (nSPS) is 28.4. The Morgan fingerprint density at radius 3 is 2.55 bits per heavy atom. The van der Waals surface area contributed by atoms with E-state index in [1.54, 1.807) is 0 Å². The van der Waals surface area contributed by atoms with E-state index in [0.717, 1.165) is 13.0 Å². The van der Waals surface area contributed by atoms with Crippen molar-refractivity contribution in [2.75, 3.05) is 19.6 Å². The SMILES string of the molecule is Cc1ccc(CCC(=O)NC2CN3CCC2CC3)cc1. The molecule has 1 aromatic carbocycles. The molecule has 0 aliphatic carbocycles. The maximum Gasteiger partial charge on any atom is 0.220 e. The van der Waals surface area contributed by atoms with Crippen molar-refractivity contribution in [3.05, 3.63) is 35.4 Å². The van der Waals surface area contributed by atoms with Gasteiger partial charge < -0.3 is 10.2 Å². The largest absolute Gasteiger partial charge is 0.352 e. The molecule has 0 spiro atoms. The fourth-order valence-electron chi connectivity index (χ4n) is 3.42. The smallest absolute Gasteiger partial charge is 0.220 e. The van der Waals surface area contributed by atoms with Crippen molar-refractivity contribution in [1.82, 2.24) is 10.2 Å². The van der Waals surface area contributed by atoms with Crippen molar-refractivity contribution in [3.8, 4) is 0 Å². The van der Waals surface area contributed by atoms with Crippen LogP contribution in [0.4, 0.5) is 0 Å². The third-order valence-corrected chi connectivity index (χ3v) is 4.76. The van der Waals surface area contributed by atoms with Gasteiger partial charge in [0, 0.05) is 19.0 Å². The summed E-state index contributed by atoms with van der Waals surface area (Å²) in [4.78, 5) is 14.6. The lowest BCUT2D eigenvalue weighted by Crippen LogP contribution is -2.57. The van der Waals surface area contributed by atoms with Crippen LogP contribution < -0.4 is 5.32 Å². The minimum absolute atomic E-state index is 0.212. The quantitative estimate of drug-likeness (QED) is 0.911. The lowest BCUT2D eigenvalue weighted by molar-refractivity contribution is -0.123. The highest BCUT2D eigenvalue weighted by molar-refractivity contribution is 5.76. The summed E-state index contributed by atoms with van der Waals surface area (Å²) in [6, 6.07) is 8.86. The van der Waals surface area contributed by atoms with E-state index in [9.17, 15) is 4.79 Å². The van der Waals surface area contributed by atoms with Gasteiger partial charge in [0.2, 0.25) is 5.91 Å². The van der Waals surface area contributed by atoms with Crippen molar-refractivity contribution >= 4 is 5.91 Å². The molecule has 1 unspecified atom stereocenters. The average Bonchev–Trinajstić information content (AvgIpc) is 2.48. The molecule has 3 saturated heterocycles. The number of nitrogens with one attached hydrogen (secondary N) is 1. The van der Waals surface area contributed by atoms with Gasteiger partial charge in [-0.2, -0.15) is 0 Å². The molecule has 3 heterocycles. The molecule has 0 saturated carbocycles. The topological polar surface area (TPSA) is 32.3 Å². The van der Waals surface area contributed by atoms with Crippen LogP contribution in [-0.2, 0) is 11.2 Å². The summed E-state index contributed by atoms with van der Waals surface area (Å²) < 4.78 is 0. The van der Waals surface area contributed by atoms with Crippen LogP contribution in [0.25, 0.3) is 0 Å². The standard InChI is InChI=1S/C17H24N2O/c1-13-2-4-14(5-3-13)6-7-17(20)18-16-12-19-10-8-15(16)9-11-19/h2-5,15-16H,6-12H2,1H3,(H,18,20). The third kappa shape index (κ3) is 3.21. The van der Waals surface area contributed by atoms with Crippen molar-refractivity contribution in [3.63, 3.8) is 0 Å². The summed E-state index contributed by atoms with van der Waals surface area (Å²) in [5.41, 5.74) is 2.52. The van der Waals surface area contributed by atoms with Crippen LogP contribution in [0.5, 0.6) is 0 Å². The summed E-state index contributed by atoms with van der Waals surface area (Å²) in [5, 5.41) is 3.25. The first-order chi connectivity index (χ1) is 9.70. The number of carbonyl (C=O) groups excluding carboxylic acids is 1. The van der Waals surface area contributed by atoms with Crippen molar-refractivity contribution in [2.45, 2.75) is 38.6 Å². The second-order valence-corrected chi connectivity index (χ2v) is 6.30. The Labute approximate surface area is 121 Å². The number of benzene rings is 1. The molecule has 4 rings (SSSR count). The molecule has 2 bridgehead atoms. The van der Waals surface area contributed by atoms with Gasteiger partial charge in [-0.1, -0.05) is 29.8 Å². The van der Waals surface area contributed by atoms with E-state index in [1.165, 1.54) is 37.1 Å². The Hall–Kier alpha value is -1.35. The van der Waals surface area contributed by atoms with Crippen LogP contribution in [0, 0.1) is 12.8 Å². The molecule has 3 heteroatoms. The van der Waals surface area contributed by atoms with Crippen LogP contribution in [0.3, 0.4) is 0 Å². The minimum atomic E-state index is 0.212. The molecule has 0 radical (unpaired) electrons. The Bertz CT molecular complexity index is 460. The molecule has 108 valence electrons. The van der Waals surface area contributed by atoms with Gasteiger partial charge in [-0.05, 0) is 50.8 Å². The van der Waals surface area contributed by atoms with Gasteiger partial charge in [0.1, 0.15) is 0 Å². The number of amides is 1. The Morgan fingerprint density at radius 1 is 1.25 bits per heavy atom. The molecule has 1 atom stereocenters. The molecule has 3 nitrogen and oxygen atoms in total. The molecule has 20 heavy (non-hydrogen) atoms. The molecule has 3 aliphatic heterocycles. The average molecular weight is 272 g/mol. The van der Waals surface area contributed by atoms with Crippen LogP contribution in [0.15, 0.2) is 24.3 Å². The fourth-order valence-corrected chi connectivity index (χ4v) is 3.42. The molecule has 3 fully saturated rings. The minimum Gasteiger partial charge on any atom is -0.352 e. The number of carbonyl (C=O) groups is 1. The number of nitrogens with zero attached hydrogens (tertiary/aromatic N) is 1. The van der Waals surface area contributed by atoms with Gasteiger partial charge in [-0.15, -0.1) is 0 Å². The van der Waals surface area contributed by atoms with E-state index in [2.05, 4.69) is 41.4 Å². The molecular formula is C17H24N2O. The lowest BCUT2D eigenvalue weighted by Gasteiger charge is -2.44. The van der Waals surface area contributed by atoms with Gasteiger partial charge in [0.15, 0.2) is 0 Å². The molecule has 1 N–H and O–H groups in total. The van der Waals surface area contributed by atoms with E-state index in [1.807, 2.05) is 0 Å². The number of piperidine rings is 3. The summed E-state index contributed by atoms with van der Waals surface area (Å²) >= 11 is 0. The summed E-state index contributed by atoms with van der Waals surface area (Å²) in [6.07, 6.45) is 3.95. The molecule has 3 aliphatic rings. The number of aryl methyl sites for hydroxylation is 2. The van der Waals surface area contributed by atoms with E-state index >= 15 is 0 Å². The second-order valence-electron chi connectivity index (χ2n) is 6.30. The van der Waals surface area contributed by atoms with Crippen LogP contribution in [0.1, 0.15) is 30.4 Å². The predicted octanol–water partition coefficient (Wildman–Crippen LogP) is 2.14. The first-order valence-electron chi connectivity index (χ1n) is 7.78. The number of rotatable bonds is 4. The van der Waals surface area contributed by atoms with Crippen molar-refractivity contribution < 1.29 is 4.79 Å². The Balaban J connectivity index is 1.46. The number of hydrogen-bond donors (Lipinski definition) is 1. The second kappa shape index (κ2) is 5.96. The lowest BCUT2D eigenvalue weighted by atomic mass is 9.84. The zero-order valence-electron chi connectivity index (χ0n) is 12.3. The summed E-state index contributed by atoms with van der Waals surface area (Å²) in [6.45, 7) is 5.59. The van der Waals surface area contributed by atoms with E-state index in [-0.39, 0.29) is 5.91 Å². The Kier molecular flexibility index (Phi) is 4.06. The van der Waals surface area contributed by atoms with E-state index in [0.29, 0.717) is 18.4 Å². The zero-order valence-corrected chi connectivity index (χ0v) is 12.3. The monoisotopic (exact) mass is 272 g/mol. The van der Waals surface area contributed by atoms with Gasteiger partial charge >= 0.3 is 0 Å². The summed E-state index contributed by atoms with van der Waals surface area (Å²) in [7, 11) is 0. The first kappa shape index (κ1) is 13.6. The molecular weight excluding hydrogens is 248 g/mol. The molecule has 0 aromatic heterocycles. The fraction of sp³-hybridized carbons (Fsp3) is 0.588. The Morgan fingerprint density at radius 2 is 1.95 bits per heavy atom. The highest BCUT2D eigenvalue weighted by atomic mass is 16.1. The van der Waals surface area contributed by atoms with Gasteiger partial charge in [-0.3, -0.25) is 4.79 Å². The maximum absolute atomic E-state index is 12.1. The third-order valence-electron chi connectivity index (χ3n) is 4.76. The van der Waals surface area contributed by atoms with E-state index in [4.69, 9.17) is 0 Å². The van der Waals surface area contributed by atoms with Gasteiger partial charge in [0.25, 0.3) is 0 Å². The van der Waals surface area contributed by atoms with Crippen LogP contribution in [-0.4, -0.2) is 36.5 Å². The highest BCUT2D eigenvalue weighted by Gasteiger charge is 2.34. The molecule has 1 aromatic rings. The van der Waals surface area contributed by atoms with Crippen LogP contribution in [0.2, 0.25) is 0 Å². The highest BCUT2D eigenvalue weighted by Crippen LogP contribution is 2.27. The van der Waals surface area contributed by atoms with E-state index < -0.39 is 0 Å².